The molecule has 1 N–H and O–H groups in total. The molecule has 0 bridgehead atoms. The molecule has 0 atom stereocenters. The van der Waals surface area contributed by atoms with Crippen molar-refractivity contribution in [2.24, 2.45) is 0 Å². The van der Waals surface area contributed by atoms with Crippen LogP contribution in [0.3, 0.4) is 0 Å². The van der Waals surface area contributed by atoms with E-state index in [-0.39, 0.29) is 23.7 Å². The molecule has 2 aromatic heterocycles. The lowest BCUT2D eigenvalue weighted by Crippen LogP contribution is -2.04. The number of hydrogen-bond donors (Lipinski definition) is 1. The summed E-state index contributed by atoms with van der Waals surface area (Å²) < 4.78 is 5.33. The summed E-state index contributed by atoms with van der Waals surface area (Å²) in [7, 11) is 0. The molecule has 0 fully saturated rings. The molecule has 2 heterocycles. The smallest absolute Gasteiger partial charge is 0.406 e. The van der Waals surface area contributed by atoms with Gasteiger partial charge in [0.25, 0.3) is 0 Å². The van der Waals surface area contributed by atoms with E-state index in [0.717, 1.165) is 0 Å². The van der Waals surface area contributed by atoms with E-state index in [1.165, 1.54) is 24.4 Å². The van der Waals surface area contributed by atoms with Gasteiger partial charge >= 0.3 is 11.8 Å². The monoisotopic (exact) mass is 289 g/mol. The first kappa shape index (κ1) is 14.4. The average Bonchev–Trinajstić information content (AvgIpc) is 2.46. The second kappa shape index (κ2) is 5.95. The Kier molecular flexibility index (Phi) is 4.07. The van der Waals surface area contributed by atoms with Crippen LogP contribution in [0.5, 0.6) is 5.75 Å². The maximum Gasteiger partial charge on any atom is 0.406 e. The van der Waals surface area contributed by atoms with Crippen molar-refractivity contribution in [2.75, 3.05) is 0 Å². The van der Waals surface area contributed by atoms with Crippen molar-refractivity contribution in [1.82, 2.24) is 9.97 Å². The van der Waals surface area contributed by atoms with Crippen LogP contribution in [-0.2, 0) is 6.61 Å². The van der Waals surface area contributed by atoms with Gasteiger partial charge in [0.05, 0.1) is 11.3 Å². The normalized spacial score (nSPS) is 10.1. The van der Waals surface area contributed by atoms with E-state index in [1.54, 1.807) is 13.0 Å². The standard InChI is InChI=1S/C13H11N3O5/c1-8-2-5-11(12(15-8)16(19)20)21-7-10-4-3-9(6-14-10)13(17)18/h2-6H,7H2,1H3,(H,17,18). The highest BCUT2D eigenvalue weighted by atomic mass is 16.6. The van der Waals surface area contributed by atoms with E-state index in [1.807, 2.05) is 0 Å². The van der Waals surface area contributed by atoms with Gasteiger partial charge in [-0.2, -0.15) is 0 Å². The van der Waals surface area contributed by atoms with E-state index < -0.39 is 10.9 Å². The minimum absolute atomic E-state index is 0.0223. The van der Waals surface area contributed by atoms with E-state index in [9.17, 15) is 14.9 Å². The van der Waals surface area contributed by atoms with Gasteiger partial charge in [0.1, 0.15) is 12.3 Å². The Morgan fingerprint density at radius 2 is 2.14 bits per heavy atom. The van der Waals surface area contributed by atoms with Crippen molar-refractivity contribution in [2.45, 2.75) is 13.5 Å². The zero-order chi connectivity index (χ0) is 15.4. The summed E-state index contributed by atoms with van der Waals surface area (Å²) in [6, 6.07) is 5.93. The largest absolute Gasteiger partial charge is 0.479 e. The minimum atomic E-state index is -1.08. The number of rotatable bonds is 5. The number of hydrogen-bond acceptors (Lipinski definition) is 6. The zero-order valence-corrected chi connectivity index (χ0v) is 11.0. The van der Waals surface area contributed by atoms with Crippen LogP contribution in [0.25, 0.3) is 0 Å². The molecule has 0 amide bonds. The molecule has 0 unspecified atom stereocenters. The van der Waals surface area contributed by atoms with E-state index in [0.29, 0.717) is 11.4 Å². The van der Waals surface area contributed by atoms with Crippen LogP contribution in [0.4, 0.5) is 5.82 Å². The predicted molar refractivity (Wildman–Crippen MR) is 71.2 cm³/mol. The Hall–Kier alpha value is -3.03. The van der Waals surface area contributed by atoms with Crippen molar-refractivity contribution in [3.05, 3.63) is 57.5 Å². The van der Waals surface area contributed by atoms with Gasteiger partial charge in [0.15, 0.2) is 0 Å². The quantitative estimate of drug-likeness (QED) is 0.660. The summed E-state index contributed by atoms with van der Waals surface area (Å²) >= 11 is 0. The molecule has 0 radical (unpaired) electrons. The fourth-order valence-corrected chi connectivity index (χ4v) is 1.56. The Bertz CT molecular complexity index is 685. The van der Waals surface area contributed by atoms with Gasteiger partial charge < -0.3 is 20.0 Å². The van der Waals surface area contributed by atoms with Crippen LogP contribution in [0, 0.1) is 17.0 Å². The number of carboxylic acid groups (broad SMARTS) is 1. The highest BCUT2D eigenvalue weighted by Crippen LogP contribution is 2.25. The third-order valence-corrected chi connectivity index (χ3v) is 2.60. The first-order chi connectivity index (χ1) is 9.97. The summed E-state index contributed by atoms with van der Waals surface area (Å²) in [5.41, 5.74) is 1.02. The van der Waals surface area contributed by atoms with Crippen LogP contribution in [0.15, 0.2) is 30.5 Å². The molecular weight excluding hydrogens is 278 g/mol. The molecular formula is C13H11N3O5. The molecule has 2 rings (SSSR count). The van der Waals surface area contributed by atoms with Gasteiger partial charge in [-0.05, 0) is 34.2 Å². The molecule has 0 aliphatic rings. The molecule has 8 nitrogen and oxygen atoms in total. The minimum Gasteiger partial charge on any atom is -0.479 e. The van der Waals surface area contributed by atoms with Crippen molar-refractivity contribution >= 4 is 11.8 Å². The van der Waals surface area contributed by atoms with Gasteiger partial charge in [-0.1, -0.05) is 0 Å². The molecule has 108 valence electrons. The van der Waals surface area contributed by atoms with E-state index in [4.69, 9.17) is 9.84 Å². The number of pyridine rings is 2. The summed E-state index contributed by atoms with van der Waals surface area (Å²) in [6.45, 7) is 1.62. The van der Waals surface area contributed by atoms with Crippen molar-refractivity contribution in [1.29, 1.82) is 0 Å². The number of carboxylic acids is 1. The SMILES string of the molecule is Cc1ccc(OCc2ccc(C(=O)O)cn2)c([N+](=O)[O-])n1. The fourth-order valence-electron chi connectivity index (χ4n) is 1.56. The van der Waals surface area contributed by atoms with Crippen molar-refractivity contribution in [3.63, 3.8) is 0 Å². The van der Waals surface area contributed by atoms with Crippen LogP contribution in [0.1, 0.15) is 21.7 Å². The van der Waals surface area contributed by atoms with Crippen LogP contribution >= 0.6 is 0 Å². The number of nitrogens with zero attached hydrogens (tertiary/aromatic N) is 3. The van der Waals surface area contributed by atoms with Gasteiger partial charge in [0, 0.05) is 13.1 Å². The molecule has 8 heteroatoms. The topological polar surface area (TPSA) is 115 Å². The number of carbonyl (C=O) groups is 1. The van der Waals surface area contributed by atoms with Gasteiger partial charge in [-0.3, -0.25) is 4.98 Å². The fraction of sp³-hybridized carbons (Fsp3) is 0.154. The number of nitro groups is 1. The summed E-state index contributed by atoms with van der Waals surface area (Å²) in [5, 5.41) is 19.6. The molecule has 0 aliphatic heterocycles. The number of aromatic nitrogens is 2. The summed E-state index contributed by atoms with van der Waals surface area (Å²) in [5.74, 6) is -1.40. The molecule has 0 saturated heterocycles. The third-order valence-electron chi connectivity index (χ3n) is 2.60. The number of ether oxygens (including phenoxy) is 1. The lowest BCUT2D eigenvalue weighted by Gasteiger charge is -2.06. The Morgan fingerprint density at radius 3 is 2.71 bits per heavy atom. The molecule has 2 aromatic rings. The number of aryl methyl sites for hydroxylation is 1. The zero-order valence-electron chi connectivity index (χ0n) is 11.0. The van der Waals surface area contributed by atoms with Gasteiger partial charge in [-0.25, -0.2) is 4.79 Å². The molecule has 21 heavy (non-hydrogen) atoms. The highest BCUT2D eigenvalue weighted by Gasteiger charge is 2.17. The van der Waals surface area contributed by atoms with Gasteiger partial charge in [0.2, 0.25) is 5.75 Å². The average molecular weight is 289 g/mol. The molecule has 0 spiro atoms. The van der Waals surface area contributed by atoms with Crippen molar-refractivity contribution in [3.8, 4) is 5.75 Å². The maximum atomic E-state index is 10.9. The number of aromatic carboxylic acids is 1. The Morgan fingerprint density at radius 1 is 1.38 bits per heavy atom. The molecule has 0 aliphatic carbocycles. The van der Waals surface area contributed by atoms with Crippen LogP contribution < -0.4 is 4.74 Å². The van der Waals surface area contributed by atoms with E-state index >= 15 is 0 Å². The third kappa shape index (κ3) is 3.50. The summed E-state index contributed by atoms with van der Waals surface area (Å²) in [4.78, 5) is 28.7. The first-order valence-corrected chi connectivity index (χ1v) is 5.90. The predicted octanol–water partition coefficient (Wildman–Crippen LogP) is 1.97. The lowest BCUT2D eigenvalue weighted by atomic mass is 10.2. The van der Waals surface area contributed by atoms with Crippen LogP contribution in [-0.4, -0.2) is 26.0 Å². The Balaban J connectivity index is 2.13. The maximum absolute atomic E-state index is 10.9. The summed E-state index contributed by atoms with van der Waals surface area (Å²) in [6.07, 6.45) is 1.20. The first-order valence-electron chi connectivity index (χ1n) is 5.90. The second-order valence-corrected chi connectivity index (χ2v) is 4.16. The highest BCUT2D eigenvalue weighted by molar-refractivity contribution is 5.87. The van der Waals surface area contributed by atoms with E-state index in [2.05, 4.69) is 9.97 Å². The molecule has 0 aromatic carbocycles. The molecule has 0 saturated carbocycles. The van der Waals surface area contributed by atoms with Gasteiger partial charge in [-0.15, -0.1) is 0 Å². The lowest BCUT2D eigenvalue weighted by molar-refractivity contribution is -0.390. The Labute approximate surface area is 119 Å². The van der Waals surface area contributed by atoms with Crippen LogP contribution in [0.2, 0.25) is 0 Å². The van der Waals surface area contributed by atoms with Crippen molar-refractivity contribution < 1.29 is 19.6 Å². The second-order valence-electron chi connectivity index (χ2n) is 4.16.